The van der Waals surface area contributed by atoms with Gasteiger partial charge in [0.2, 0.25) is 0 Å². The Balaban J connectivity index is 5.93. The molecule has 0 heterocycles. The summed E-state index contributed by atoms with van der Waals surface area (Å²) in [5.74, 6) is -0.449. The minimum atomic E-state index is -2.79. The summed E-state index contributed by atoms with van der Waals surface area (Å²) in [5.41, 5.74) is 0. The molecule has 1 unspecified atom stereocenters. The van der Waals surface area contributed by atoms with Crippen LogP contribution in [0, 0.1) is 0 Å². The molecule has 0 aromatic carbocycles. The van der Waals surface area contributed by atoms with Crippen LogP contribution in [0.1, 0.15) is 125 Å². The first-order valence-electron chi connectivity index (χ1n) is 14.8. The molecule has 0 saturated carbocycles. The number of carboxylic acid groups (broad SMARTS) is 1. The van der Waals surface area contributed by atoms with Crippen molar-refractivity contribution in [3.05, 3.63) is 10.2 Å². The third-order valence-corrected chi connectivity index (χ3v) is 39.4. The van der Waals surface area contributed by atoms with Gasteiger partial charge >= 0.3 is 218 Å². The van der Waals surface area contributed by atoms with E-state index in [1.807, 2.05) is 0 Å². The molecule has 0 amide bonds. The first-order chi connectivity index (χ1) is 15.9. The summed E-state index contributed by atoms with van der Waals surface area (Å²) in [5, 5.41) is 10.5. The number of rotatable bonds is 23. The van der Waals surface area contributed by atoms with E-state index in [1.54, 1.807) is 0 Å². The number of hydrogen-bond donors (Lipinski definition) is 1. The molecule has 0 aliphatic carbocycles. The molecule has 2 nitrogen and oxygen atoms in total. The molecule has 4 heteroatoms. The van der Waals surface area contributed by atoms with Crippen LogP contribution in [0.3, 0.4) is 0 Å². The van der Waals surface area contributed by atoms with Crippen LogP contribution >= 0.6 is 0 Å². The summed E-state index contributed by atoms with van der Waals surface area (Å²) in [7, 11) is 0. The van der Waals surface area contributed by atoms with Crippen LogP contribution in [0.2, 0.25) is 30.6 Å². The van der Waals surface area contributed by atoms with Gasteiger partial charge in [0.15, 0.2) is 0 Å². The molecule has 0 rings (SSSR count). The average molecular weight is 678 g/mol. The molecule has 0 aromatic rings. The van der Waals surface area contributed by atoms with Gasteiger partial charge in [-0.2, -0.15) is 0 Å². The van der Waals surface area contributed by atoms with Crippen LogP contribution in [0.15, 0.2) is 10.2 Å². The third-order valence-electron chi connectivity index (χ3n) is 8.05. The molecule has 33 heavy (non-hydrogen) atoms. The molecule has 0 aromatic heterocycles. The number of aliphatic carboxylic acids is 1. The predicted molar refractivity (Wildman–Crippen MR) is 155 cm³/mol. The maximum atomic E-state index is 12.7. The third kappa shape index (κ3) is 13.6. The van der Waals surface area contributed by atoms with Crippen LogP contribution in [-0.4, -0.2) is 47.8 Å². The van der Waals surface area contributed by atoms with E-state index >= 15 is 0 Å². The molecule has 0 fully saturated rings. The number of allylic oxidation sites excluding steroid dienone is 1. The summed E-state index contributed by atoms with van der Waals surface area (Å²) in [4.78, 5) is 12.7. The predicted octanol–water partition coefficient (Wildman–Crippen LogP) is 10.6. The molecular formula is C29H60O2Sn2. The second kappa shape index (κ2) is 20.9. The zero-order chi connectivity index (χ0) is 25.0. The second-order valence-corrected chi connectivity index (χ2v) is 37.9. The van der Waals surface area contributed by atoms with Gasteiger partial charge in [0.05, 0.1) is 0 Å². The van der Waals surface area contributed by atoms with Crippen molar-refractivity contribution in [3.8, 4) is 0 Å². The summed E-state index contributed by atoms with van der Waals surface area (Å²) < 4.78 is 11.1. The van der Waals surface area contributed by atoms with Gasteiger partial charge in [0.1, 0.15) is 0 Å². The van der Waals surface area contributed by atoms with Gasteiger partial charge in [0, 0.05) is 0 Å². The van der Waals surface area contributed by atoms with Crippen molar-refractivity contribution in [2.24, 2.45) is 0 Å². The van der Waals surface area contributed by atoms with Crippen molar-refractivity contribution >= 4 is 42.7 Å². The molecule has 0 radical (unpaired) electrons. The van der Waals surface area contributed by atoms with Gasteiger partial charge in [-0.05, 0) is 0 Å². The molecule has 0 aliphatic heterocycles. The fourth-order valence-electron chi connectivity index (χ4n) is 5.76. The van der Waals surface area contributed by atoms with E-state index in [1.165, 1.54) is 104 Å². The zero-order valence-electron chi connectivity index (χ0n) is 23.5. The zero-order valence-corrected chi connectivity index (χ0v) is 29.2. The number of carboxylic acids is 1. The van der Waals surface area contributed by atoms with Crippen molar-refractivity contribution in [1.82, 2.24) is 0 Å². The Morgan fingerprint density at radius 1 is 0.636 bits per heavy atom. The fraction of sp³-hybridized carbons (Fsp3) is 0.897. The Morgan fingerprint density at radius 2 is 0.970 bits per heavy atom. The van der Waals surface area contributed by atoms with Crippen molar-refractivity contribution < 1.29 is 9.90 Å². The summed E-state index contributed by atoms with van der Waals surface area (Å²) >= 11 is -5.12. The molecule has 0 saturated heterocycles. The van der Waals surface area contributed by atoms with Gasteiger partial charge in [0.25, 0.3) is 0 Å². The van der Waals surface area contributed by atoms with E-state index in [4.69, 9.17) is 0 Å². The van der Waals surface area contributed by atoms with Crippen LogP contribution < -0.4 is 0 Å². The first kappa shape index (κ1) is 33.8. The average Bonchev–Trinajstić information content (AvgIpc) is 2.82. The minimum absolute atomic E-state index is 0.00675. The van der Waals surface area contributed by atoms with E-state index in [0.717, 1.165) is 6.42 Å². The fourth-order valence-corrected chi connectivity index (χ4v) is 37.7. The number of unbranched alkanes of at least 4 members (excludes halogenated alkanes) is 6. The molecule has 1 atom stereocenters. The number of carbonyl (C=O) groups is 1. The normalized spacial score (nSPS) is 13.6. The summed E-state index contributed by atoms with van der Waals surface area (Å²) in [6, 6.07) is 0. The molecular weight excluding hydrogens is 618 g/mol. The van der Waals surface area contributed by atoms with Gasteiger partial charge in [-0.1, -0.05) is 0 Å². The van der Waals surface area contributed by atoms with Gasteiger partial charge in [-0.25, -0.2) is 0 Å². The Bertz CT molecular complexity index is 460. The van der Waals surface area contributed by atoms with Crippen molar-refractivity contribution in [3.63, 3.8) is 0 Å². The molecule has 0 aliphatic rings. The van der Waals surface area contributed by atoms with Crippen LogP contribution in [0.4, 0.5) is 0 Å². The molecule has 0 spiro atoms. The SMILES string of the molecule is CCC[CH2][Sn](/[CH]=C/C[CH](C(=O)O)[Sn]([CH2]CCC)([CH2]CCC)[CH2]CCC)([CH2]CCC)[CH2]CCC. The van der Waals surface area contributed by atoms with E-state index in [9.17, 15) is 9.90 Å². The Morgan fingerprint density at radius 3 is 1.27 bits per heavy atom. The molecule has 1 N–H and O–H groups in total. The topological polar surface area (TPSA) is 37.3 Å². The standard InChI is InChI=1S/C5H6O2.6C4H9.2Sn/c1-2-3-4-5(6)7;6*1-3-4-2;;/h1-2,4H,3H2,(H,6,7);6*1,3-4H2,2H3;;. The summed E-state index contributed by atoms with van der Waals surface area (Å²) in [6.07, 6.45) is 18.7. The quantitative estimate of drug-likeness (QED) is 0.109. The summed E-state index contributed by atoms with van der Waals surface area (Å²) in [6.45, 7) is 13.8. The van der Waals surface area contributed by atoms with Gasteiger partial charge in [-0.15, -0.1) is 0 Å². The van der Waals surface area contributed by atoms with Crippen molar-refractivity contribution in [2.75, 3.05) is 0 Å². The van der Waals surface area contributed by atoms with Crippen molar-refractivity contribution in [2.45, 2.75) is 156 Å². The van der Waals surface area contributed by atoms with Crippen LogP contribution in [0.25, 0.3) is 0 Å². The number of hydrogen-bond acceptors (Lipinski definition) is 1. The Kier molecular flexibility index (Phi) is 21.5. The van der Waals surface area contributed by atoms with E-state index < -0.39 is 42.7 Å². The Hall–Kier alpha value is 0.807. The maximum absolute atomic E-state index is 12.7. The van der Waals surface area contributed by atoms with E-state index in [2.05, 4.69) is 51.7 Å². The Labute approximate surface area is 216 Å². The van der Waals surface area contributed by atoms with Crippen LogP contribution in [0.5, 0.6) is 0 Å². The second-order valence-electron chi connectivity index (χ2n) is 10.9. The molecule has 0 bridgehead atoms. The van der Waals surface area contributed by atoms with Crippen molar-refractivity contribution in [1.29, 1.82) is 0 Å². The van der Waals surface area contributed by atoms with E-state index in [-0.39, 0.29) is 3.93 Å². The molecule has 196 valence electrons. The van der Waals surface area contributed by atoms with Gasteiger partial charge in [-0.3, -0.25) is 0 Å². The van der Waals surface area contributed by atoms with Crippen LogP contribution in [-0.2, 0) is 4.79 Å². The monoisotopic (exact) mass is 680 g/mol. The van der Waals surface area contributed by atoms with Gasteiger partial charge < -0.3 is 0 Å². The first-order valence-corrected chi connectivity index (χ1v) is 30.2. The van der Waals surface area contributed by atoms with E-state index in [0.29, 0.717) is 0 Å².